The summed E-state index contributed by atoms with van der Waals surface area (Å²) in [6.45, 7) is 7.17. The molecule has 0 radical (unpaired) electrons. The Bertz CT molecular complexity index is 885. The largest absolute Gasteiger partial charge is 0.471 e. The monoisotopic (exact) mass is 402 g/mol. The summed E-state index contributed by atoms with van der Waals surface area (Å²) >= 11 is 0. The molecule has 1 atom stereocenters. The van der Waals surface area contributed by atoms with Crippen LogP contribution in [0.25, 0.3) is 0 Å². The van der Waals surface area contributed by atoms with Crippen molar-refractivity contribution in [3.63, 3.8) is 0 Å². The second-order valence-electron chi connectivity index (χ2n) is 7.73. The summed E-state index contributed by atoms with van der Waals surface area (Å²) in [5, 5.41) is 3.00. The number of hydrogen-bond donors (Lipinski definition) is 1. The molecule has 0 aliphatic rings. The van der Waals surface area contributed by atoms with Crippen LogP contribution in [0.3, 0.4) is 0 Å². The molecule has 0 aliphatic heterocycles. The van der Waals surface area contributed by atoms with Crippen LogP contribution in [0.15, 0.2) is 84.9 Å². The number of rotatable bonds is 8. The third kappa shape index (κ3) is 6.11. The molecule has 0 aromatic heterocycles. The third-order valence-electron chi connectivity index (χ3n) is 4.89. The number of nitrogens with one attached hydrogen (secondary N) is 1. The van der Waals surface area contributed by atoms with Crippen molar-refractivity contribution in [2.24, 2.45) is 0 Å². The Balaban J connectivity index is 1.70. The first-order valence-corrected chi connectivity index (χ1v) is 10.4. The van der Waals surface area contributed by atoms with E-state index in [0.29, 0.717) is 19.0 Å². The molecule has 3 aromatic carbocycles. The van der Waals surface area contributed by atoms with Crippen LogP contribution in [0.4, 0.5) is 4.79 Å². The number of benzene rings is 3. The maximum Gasteiger partial charge on any atom is 0.320 e. The summed E-state index contributed by atoms with van der Waals surface area (Å²) < 4.78 is 6.07. The molecule has 0 bridgehead atoms. The molecule has 30 heavy (non-hydrogen) atoms. The van der Waals surface area contributed by atoms with Gasteiger partial charge in [-0.05, 0) is 35.6 Å². The highest BCUT2D eigenvalue weighted by atomic mass is 16.5. The zero-order valence-electron chi connectivity index (χ0n) is 17.9. The summed E-state index contributed by atoms with van der Waals surface area (Å²) in [5.74, 6) is 1.15. The Morgan fingerprint density at radius 1 is 0.800 bits per heavy atom. The van der Waals surface area contributed by atoms with Gasteiger partial charge in [-0.15, -0.1) is 0 Å². The van der Waals surface area contributed by atoms with Crippen molar-refractivity contribution in [3.05, 3.63) is 102 Å². The van der Waals surface area contributed by atoms with E-state index in [1.807, 2.05) is 85.8 Å². The number of carbonyl (C=O) groups is 1. The van der Waals surface area contributed by atoms with Gasteiger partial charge in [-0.1, -0.05) is 92.7 Å². The van der Waals surface area contributed by atoms with Gasteiger partial charge < -0.3 is 15.0 Å². The fraction of sp³-hybridized carbons (Fsp3) is 0.269. The van der Waals surface area contributed by atoms with E-state index < -0.39 is 6.23 Å². The summed E-state index contributed by atoms with van der Waals surface area (Å²) in [6, 6.07) is 27.9. The standard InChI is InChI=1S/C26H30N2O2/c1-20(2)24-16-10-11-17-25(24)30-21(3)27-26(29)28(18-22-12-6-4-7-13-22)19-23-14-8-5-9-15-23/h4-17,20-21H,18-19H2,1-3H3,(H,27,29). The van der Waals surface area contributed by atoms with Crippen LogP contribution in [-0.4, -0.2) is 17.2 Å². The first-order chi connectivity index (χ1) is 14.5. The van der Waals surface area contributed by atoms with Crippen LogP contribution in [0.5, 0.6) is 5.75 Å². The molecule has 0 fully saturated rings. The predicted molar refractivity (Wildman–Crippen MR) is 121 cm³/mol. The van der Waals surface area contributed by atoms with E-state index >= 15 is 0 Å². The van der Waals surface area contributed by atoms with E-state index in [9.17, 15) is 4.79 Å². The van der Waals surface area contributed by atoms with Gasteiger partial charge in [0, 0.05) is 13.1 Å². The maximum absolute atomic E-state index is 13.1. The molecule has 1 unspecified atom stereocenters. The van der Waals surface area contributed by atoms with Gasteiger partial charge >= 0.3 is 6.03 Å². The minimum atomic E-state index is -0.452. The number of amides is 2. The number of hydrogen-bond acceptors (Lipinski definition) is 2. The molecule has 4 heteroatoms. The lowest BCUT2D eigenvalue weighted by molar-refractivity contribution is 0.148. The molecule has 2 amide bonds. The molecule has 0 saturated heterocycles. The van der Waals surface area contributed by atoms with Crippen LogP contribution in [-0.2, 0) is 13.1 Å². The minimum Gasteiger partial charge on any atom is -0.471 e. The SMILES string of the molecule is CC(NC(=O)N(Cc1ccccc1)Cc1ccccc1)Oc1ccccc1C(C)C. The zero-order valence-corrected chi connectivity index (χ0v) is 17.9. The topological polar surface area (TPSA) is 41.6 Å². The van der Waals surface area contributed by atoms with Crippen molar-refractivity contribution in [1.29, 1.82) is 0 Å². The first-order valence-electron chi connectivity index (χ1n) is 10.4. The van der Waals surface area contributed by atoms with Crippen LogP contribution < -0.4 is 10.1 Å². The van der Waals surface area contributed by atoms with Crippen molar-refractivity contribution in [1.82, 2.24) is 10.2 Å². The Kier molecular flexibility index (Phi) is 7.50. The molecule has 3 rings (SSSR count). The third-order valence-corrected chi connectivity index (χ3v) is 4.89. The average molecular weight is 403 g/mol. The normalized spacial score (nSPS) is 11.7. The van der Waals surface area contributed by atoms with Gasteiger partial charge in [0.25, 0.3) is 0 Å². The number of urea groups is 1. The van der Waals surface area contributed by atoms with Gasteiger partial charge in [0.1, 0.15) is 5.75 Å². The number of carbonyl (C=O) groups excluding carboxylic acids is 1. The van der Waals surface area contributed by atoms with Crippen LogP contribution in [0, 0.1) is 0 Å². The summed E-state index contributed by atoms with van der Waals surface area (Å²) in [5.41, 5.74) is 3.30. The number of nitrogens with zero attached hydrogens (tertiary/aromatic N) is 1. The number of ether oxygens (including phenoxy) is 1. The first kappa shape index (κ1) is 21.4. The van der Waals surface area contributed by atoms with Gasteiger partial charge in [-0.3, -0.25) is 0 Å². The van der Waals surface area contributed by atoms with Gasteiger partial charge in [0.2, 0.25) is 0 Å². The molecule has 3 aromatic rings. The lowest BCUT2D eigenvalue weighted by Crippen LogP contribution is -2.45. The fourth-order valence-corrected chi connectivity index (χ4v) is 3.36. The van der Waals surface area contributed by atoms with E-state index in [4.69, 9.17) is 4.74 Å². The van der Waals surface area contributed by atoms with Crippen molar-refractivity contribution in [2.45, 2.75) is 46.0 Å². The van der Waals surface area contributed by atoms with Crippen molar-refractivity contribution in [2.75, 3.05) is 0 Å². The van der Waals surface area contributed by atoms with E-state index in [2.05, 4.69) is 25.2 Å². The highest BCUT2D eigenvalue weighted by Gasteiger charge is 2.18. The summed E-state index contributed by atoms with van der Waals surface area (Å²) in [4.78, 5) is 14.9. The molecule has 4 nitrogen and oxygen atoms in total. The van der Waals surface area contributed by atoms with Crippen molar-refractivity contribution in [3.8, 4) is 5.75 Å². The van der Waals surface area contributed by atoms with Crippen LogP contribution >= 0.6 is 0 Å². The van der Waals surface area contributed by atoms with Gasteiger partial charge in [-0.25, -0.2) is 4.79 Å². The van der Waals surface area contributed by atoms with E-state index in [1.165, 1.54) is 0 Å². The fourth-order valence-electron chi connectivity index (χ4n) is 3.36. The lowest BCUT2D eigenvalue weighted by atomic mass is 10.0. The zero-order chi connectivity index (χ0) is 21.3. The second kappa shape index (κ2) is 10.5. The molecule has 1 N–H and O–H groups in total. The Labute approximate surface area is 179 Å². The van der Waals surface area contributed by atoms with Gasteiger partial charge in [-0.2, -0.15) is 0 Å². The number of para-hydroxylation sites is 1. The van der Waals surface area contributed by atoms with Crippen molar-refractivity contribution >= 4 is 6.03 Å². The van der Waals surface area contributed by atoms with E-state index in [1.54, 1.807) is 4.90 Å². The Morgan fingerprint density at radius 2 is 1.30 bits per heavy atom. The van der Waals surface area contributed by atoms with E-state index in [0.717, 1.165) is 22.4 Å². The molecular weight excluding hydrogens is 372 g/mol. The summed E-state index contributed by atoms with van der Waals surface area (Å²) in [6.07, 6.45) is -0.452. The second-order valence-corrected chi connectivity index (χ2v) is 7.73. The van der Waals surface area contributed by atoms with Crippen LogP contribution in [0.1, 0.15) is 43.4 Å². The molecule has 0 heterocycles. The summed E-state index contributed by atoms with van der Waals surface area (Å²) in [7, 11) is 0. The van der Waals surface area contributed by atoms with E-state index in [-0.39, 0.29) is 6.03 Å². The molecule has 156 valence electrons. The molecule has 0 spiro atoms. The maximum atomic E-state index is 13.1. The van der Waals surface area contributed by atoms with Gasteiger partial charge in [0.15, 0.2) is 6.23 Å². The highest BCUT2D eigenvalue weighted by Crippen LogP contribution is 2.26. The molecule has 0 saturated carbocycles. The Hall–Kier alpha value is -3.27. The smallest absolute Gasteiger partial charge is 0.320 e. The Morgan fingerprint density at radius 3 is 1.83 bits per heavy atom. The lowest BCUT2D eigenvalue weighted by Gasteiger charge is -2.26. The molecular formula is C26H30N2O2. The predicted octanol–water partition coefficient (Wildman–Crippen LogP) is 5.95. The molecule has 0 aliphatic carbocycles. The quantitative estimate of drug-likeness (QED) is 0.473. The van der Waals surface area contributed by atoms with Crippen molar-refractivity contribution < 1.29 is 9.53 Å². The van der Waals surface area contributed by atoms with Crippen LogP contribution in [0.2, 0.25) is 0 Å². The highest BCUT2D eigenvalue weighted by molar-refractivity contribution is 5.74. The minimum absolute atomic E-state index is 0.155. The van der Waals surface area contributed by atoms with Gasteiger partial charge in [0.05, 0.1) is 0 Å². The average Bonchev–Trinajstić information content (AvgIpc) is 2.75.